The lowest BCUT2D eigenvalue weighted by Gasteiger charge is -2.16. The van der Waals surface area contributed by atoms with Gasteiger partial charge in [0.25, 0.3) is 5.91 Å². The van der Waals surface area contributed by atoms with E-state index in [4.69, 9.17) is 16.3 Å². The number of esters is 1. The third-order valence-corrected chi connectivity index (χ3v) is 3.54. The molecular weight excluding hydrogens is 318 g/mol. The van der Waals surface area contributed by atoms with Gasteiger partial charge in [0.2, 0.25) is 0 Å². The molecule has 0 spiro atoms. The molecule has 2 aromatic carbocycles. The Bertz CT molecular complexity index is 703. The van der Waals surface area contributed by atoms with Gasteiger partial charge in [0.05, 0.1) is 17.7 Å². The number of methoxy groups -OCH3 is 2. The number of nitrogens with one attached hydrogen (secondary N) is 1. The largest absolute Gasteiger partial charge is 0.465 e. The van der Waals surface area contributed by atoms with Gasteiger partial charge in [0, 0.05) is 12.8 Å². The molecular formula is C17H16ClNO4. The molecule has 0 aliphatic rings. The van der Waals surface area contributed by atoms with E-state index >= 15 is 0 Å². The van der Waals surface area contributed by atoms with E-state index < -0.39 is 12.1 Å². The van der Waals surface area contributed by atoms with Crippen molar-refractivity contribution in [3.63, 3.8) is 0 Å². The zero-order chi connectivity index (χ0) is 16.8. The van der Waals surface area contributed by atoms with Crippen molar-refractivity contribution in [2.24, 2.45) is 0 Å². The van der Waals surface area contributed by atoms with Crippen LogP contribution in [0.4, 0.5) is 5.69 Å². The summed E-state index contributed by atoms with van der Waals surface area (Å²) in [5.41, 5.74) is 1.34. The molecule has 2 rings (SSSR count). The van der Waals surface area contributed by atoms with Crippen LogP contribution in [0.3, 0.4) is 0 Å². The van der Waals surface area contributed by atoms with Crippen molar-refractivity contribution in [1.29, 1.82) is 0 Å². The number of anilines is 1. The topological polar surface area (TPSA) is 64.6 Å². The number of ether oxygens (including phenoxy) is 2. The molecule has 5 nitrogen and oxygen atoms in total. The van der Waals surface area contributed by atoms with Gasteiger partial charge in [0.1, 0.15) is 0 Å². The molecule has 0 heterocycles. The van der Waals surface area contributed by atoms with Crippen LogP contribution in [0, 0.1) is 0 Å². The normalized spacial score (nSPS) is 11.6. The monoisotopic (exact) mass is 333 g/mol. The van der Waals surface area contributed by atoms with E-state index in [-0.39, 0.29) is 16.5 Å². The summed E-state index contributed by atoms with van der Waals surface area (Å²) in [6.45, 7) is 0. The van der Waals surface area contributed by atoms with Crippen LogP contribution in [0.1, 0.15) is 22.0 Å². The van der Waals surface area contributed by atoms with E-state index in [0.29, 0.717) is 5.69 Å². The maximum absolute atomic E-state index is 12.4. The Labute approximate surface area is 139 Å². The quantitative estimate of drug-likeness (QED) is 0.851. The SMILES string of the molecule is COC(=O)c1cc(NC(=O)[C@H](OC)c2ccccc2)ccc1Cl. The molecule has 0 saturated heterocycles. The second kappa shape index (κ2) is 7.76. The minimum absolute atomic E-state index is 0.181. The lowest BCUT2D eigenvalue weighted by molar-refractivity contribution is -0.126. The van der Waals surface area contributed by atoms with Gasteiger partial charge in [-0.15, -0.1) is 0 Å². The third kappa shape index (κ3) is 4.09. The Morgan fingerprint density at radius 1 is 1.09 bits per heavy atom. The van der Waals surface area contributed by atoms with E-state index in [0.717, 1.165) is 5.56 Å². The molecule has 0 saturated carbocycles. The first-order valence-corrected chi connectivity index (χ1v) is 7.21. The molecule has 0 bridgehead atoms. The Morgan fingerprint density at radius 2 is 1.78 bits per heavy atom. The fraction of sp³-hybridized carbons (Fsp3) is 0.176. The molecule has 120 valence electrons. The van der Waals surface area contributed by atoms with Gasteiger partial charge < -0.3 is 14.8 Å². The number of amides is 1. The Kier molecular flexibility index (Phi) is 5.73. The number of rotatable bonds is 5. The minimum Gasteiger partial charge on any atom is -0.465 e. The van der Waals surface area contributed by atoms with Crippen molar-refractivity contribution in [2.45, 2.75) is 6.10 Å². The maximum atomic E-state index is 12.4. The summed E-state index contributed by atoms with van der Waals surface area (Å²) in [5.74, 6) is -0.922. The van der Waals surface area contributed by atoms with E-state index in [1.807, 2.05) is 18.2 Å². The molecule has 1 N–H and O–H groups in total. The predicted molar refractivity (Wildman–Crippen MR) is 87.6 cm³/mol. The summed E-state index contributed by atoms with van der Waals surface area (Å²) < 4.78 is 9.92. The van der Waals surface area contributed by atoms with E-state index in [9.17, 15) is 9.59 Å². The van der Waals surface area contributed by atoms with Crippen LogP contribution in [0.15, 0.2) is 48.5 Å². The van der Waals surface area contributed by atoms with Gasteiger partial charge in [0.15, 0.2) is 6.10 Å². The van der Waals surface area contributed by atoms with Crippen LogP contribution in [0.5, 0.6) is 0 Å². The van der Waals surface area contributed by atoms with Crippen LogP contribution >= 0.6 is 11.6 Å². The molecule has 1 atom stereocenters. The van der Waals surface area contributed by atoms with Crippen molar-refractivity contribution >= 4 is 29.2 Å². The molecule has 2 aromatic rings. The smallest absolute Gasteiger partial charge is 0.339 e. The first kappa shape index (κ1) is 17.0. The average molecular weight is 334 g/mol. The van der Waals surface area contributed by atoms with Crippen molar-refractivity contribution in [2.75, 3.05) is 19.5 Å². The highest BCUT2D eigenvalue weighted by molar-refractivity contribution is 6.33. The highest BCUT2D eigenvalue weighted by Crippen LogP contribution is 2.23. The first-order valence-electron chi connectivity index (χ1n) is 6.83. The van der Waals surface area contributed by atoms with Crippen LogP contribution in [-0.2, 0) is 14.3 Å². The highest BCUT2D eigenvalue weighted by Gasteiger charge is 2.20. The Balaban J connectivity index is 2.21. The molecule has 0 fully saturated rings. The molecule has 1 amide bonds. The number of benzene rings is 2. The summed E-state index contributed by atoms with van der Waals surface area (Å²) in [6.07, 6.45) is -0.756. The summed E-state index contributed by atoms with van der Waals surface area (Å²) >= 11 is 5.95. The first-order chi connectivity index (χ1) is 11.1. The second-order valence-electron chi connectivity index (χ2n) is 4.70. The number of hydrogen-bond acceptors (Lipinski definition) is 4. The minimum atomic E-state index is -0.756. The van der Waals surface area contributed by atoms with Gasteiger partial charge in [-0.25, -0.2) is 4.79 Å². The fourth-order valence-corrected chi connectivity index (χ4v) is 2.29. The Morgan fingerprint density at radius 3 is 2.39 bits per heavy atom. The average Bonchev–Trinajstić information content (AvgIpc) is 2.57. The van der Waals surface area contributed by atoms with Gasteiger partial charge >= 0.3 is 5.97 Å². The van der Waals surface area contributed by atoms with Crippen LogP contribution < -0.4 is 5.32 Å². The molecule has 0 aromatic heterocycles. The van der Waals surface area contributed by atoms with Crippen LogP contribution in [-0.4, -0.2) is 26.1 Å². The standard InChI is InChI=1S/C17H16ClNO4/c1-22-15(11-6-4-3-5-7-11)16(20)19-12-8-9-14(18)13(10-12)17(21)23-2/h3-10,15H,1-2H3,(H,19,20)/t15-/m1/s1. The lowest BCUT2D eigenvalue weighted by Crippen LogP contribution is -2.22. The van der Waals surface area contributed by atoms with Gasteiger partial charge in [-0.1, -0.05) is 41.9 Å². The highest BCUT2D eigenvalue weighted by atomic mass is 35.5. The second-order valence-corrected chi connectivity index (χ2v) is 5.11. The lowest BCUT2D eigenvalue weighted by atomic mass is 10.1. The predicted octanol–water partition coefficient (Wildman–Crippen LogP) is 3.45. The van der Waals surface area contributed by atoms with E-state index in [1.165, 1.54) is 26.4 Å². The van der Waals surface area contributed by atoms with Crippen molar-refractivity contribution in [1.82, 2.24) is 0 Å². The van der Waals surface area contributed by atoms with Crippen molar-refractivity contribution < 1.29 is 19.1 Å². The third-order valence-electron chi connectivity index (χ3n) is 3.22. The summed E-state index contributed by atoms with van der Waals surface area (Å²) in [5, 5.41) is 2.96. The Hall–Kier alpha value is -2.37. The van der Waals surface area contributed by atoms with E-state index in [2.05, 4.69) is 10.1 Å². The van der Waals surface area contributed by atoms with Gasteiger partial charge in [-0.3, -0.25) is 4.79 Å². The summed E-state index contributed by atoms with van der Waals surface area (Å²) in [4.78, 5) is 24.0. The van der Waals surface area contributed by atoms with Gasteiger partial charge in [-0.05, 0) is 23.8 Å². The van der Waals surface area contributed by atoms with E-state index in [1.54, 1.807) is 18.2 Å². The number of carbonyl (C=O) groups excluding carboxylic acids is 2. The molecule has 0 aliphatic carbocycles. The van der Waals surface area contributed by atoms with Crippen molar-refractivity contribution in [3.8, 4) is 0 Å². The maximum Gasteiger partial charge on any atom is 0.339 e. The molecule has 0 aliphatic heterocycles. The zero-order valence-electron chi connectivity index (χ0n) is 12.7. The van der Waals surface area contributed by atoms with Crippen LogP contribution in [0.25, 0.3) is 0 Å². The molecule has 6 heteroatoms. The number of hydrogen-bond donors (Lipinski definition) is 1. The van der Waals surface area contributed by atoms with Crippen molar-refractivity contribution in [3.05, 3.63) is 64.7 Å². The summed E-state index contributed by atoms with van der Waals surface area (Å²) in [7, 11) is 2.72. The fourth-order valence-electron chi connectivity index (χ4n) is 2.10. The molecule has 0 radical (unpaired) electrons. The molecule has 23 heavy (non-hydrogen) atoms. The number of halogens is 1. The number of carbonyl (C=O) groups is 2. The zero-order valence-corrected chi connectivity index (χ0v) is 13.5. The van der Waals surface area contributed by atoms with Gasteiger partial charge in [-0.2, -0.15) is 0 Å². The summed E-state index contributed by atoms with van der Waals surface area (Å²) in [6, 6.07) is 13.7. The molecule has 0 unspecified atom stereocenters. The van der Waals surface area contributed by atoms with Crippen LogP contribution in [0.2, 0.25) is 5.02 Å².